The molecular weight excluding hydrogens is 269 g/mol. The van der Waals surface area contributed by atoms with Gasteiger partial charge in [0.2, 0.25) is 0 Å². The van der Waals surface area contributed by atoms with Crippen molar-refractivity contribution < 1.29 is 4.39 Å². The van der Waals surface area contributed by atoms with Crippen LogP contribution in [0.15, 0.2) is 24.5 Å². The maximum atomic E-state index is 13.3. The van der Waals surface area contributed by atoms with E-state index in [0.29, 0.717) is 11.5 Å². The number of hydrogen-bond acceptors (Lipinski definition) is 5. The number of aromatic nitrogens is 2. The zero-order chi connectivity index (χ0) is 15.4. The number of halogens is 1. The highest BCUT2D eigenvalue weighted by molar-refractivity contribution is 5.66. The van der Waals surface area contributed by atoms with Crippen molar-refractivity contribution in [3.05, 3.63) is 41.5 Å². The Labute approximate surface area is 122 Å². The molecule has 1 aromatic heterocycles. The second-order valence-electron chi connectivity index (χ2n) is 4.82. The normalized spacial score (nSPS) is 10.3. The van der Waals surface area contributed by atoms with Crippen molar-refractivity contribution in [1.82, 2.24) is 9.97 Å². The van der Waals surface area contributed by atoms with Gasteiger partial charge in [-0.1, -0.05) is 13.8 Å². The van der Waals surface area contributed by atoms with Gasteiger partial charge in [0.15, 0.2) is 0 Å². The van der Waals surface area contributed by atoms with Crippen LogP contribution in [0.4, 0.5) is 21.7 Å². The van der Waals surface area contributed by atoms with Crippen LogP contribution in [0.2, 0.25) is 0 Å². The van der Waals surface area contributed by atoms with E-state index in [0.717, 1.165) is 11.4 Å². The Kier molecular flexibility index (Phi) is 4.33. The third-order valence-corrected chi connectivity index (χ3v) is 3.05. The zero-order valence-corrected chi connectivity index (χ0v) is 12.1. The maximum absolute atomic E-state index is 13.3. The number of anilines is 3. The number of benzene rings is 1. The summed E-state index contributed by atoms with van der Waals surface area (Å²) in [7, 11) is 1.80. The Bertz CT molecular complexity index is 691. The van der Waals surface area contributed by atoms with Crippen LogP contribution in [0.1, 0.15) is 30.9 Å². The molecule has 0 unspecified atom stereocenters. The molecule has 6 heteroatoms. The fourth-order valence-electron chi connectivity index (χ4n) is 2.07. The van der Waals surface area contributed by atoms with E-state index in [2.05, 4.69) is 20.6 Å². The first-order chi connectivity index (χ1) is 10.1. The van der Waals surface area contributed by atoms with Crippen molar-refractivity contribution in [2.45, 2.75) is 19.8 Å². The topological polar surface area (TPSA) is 73.6 Å². The molecule has 2 rings (SSSR count). The minimum absolute atomic E-state index is 0.00556. The molecule has 21 heavy (non-hydrogen) atoms. The van der Waals surface area contributed by atoms with E-state index in [1.165, 1.54) is 18.5 Å². The highest BCUT2D eigenvalue weighted by Crippen LogP contribution is 2.30. The van der Waals surface area contributed by atoms with Crippen molar-refractivity contribution >= 4 is 17.3 Å². The first-order valence-electron chi connectivity index (χ1n) is 6.56. The molecule has 0 bridgehead atoms. The third-order valence-electron chi connectivity index (χ3n) is 3.05. The van der Waals surface area contributed by atoms with Crippen LogP contribution in [0.3, 0.4) is 0 Å². The molecule has 0 aliphatic rings. The molecule has 0 saturated heterocycles. The number of hydrogen-bond donors (Lipinski definition) is 2. The van der Waals surface area contributed by atoms with E-state index in [-0.39, 0.29) is 11.5 Å². The van der Waals surface area contributed by atoms with Crippen molar-refractivity contribution in [3.8, 4) is 6.07 Å². The Balaban J connectivity index is 2.42. The van der Waals surface area contributed by atoms with Crippen LogP contribution in [-0.2, 0) is 0 Å². The van der Waals surface area contributed by atoms with Gasteiger partial charge in [-0.3, -0.25) is 0 Å². The molecule has 0 radical (unpaired) electrons. The van der Waals surface area contributed by atoms with E-state index >= 15 is 0 Å². The lowest BCUT2D eigenvalue weighted by Crippen LogP contribution is -2.07. The van der Waals surface area contributed by atoms with Gasteiger partial charge in [-0.25, -0.2) is 14.4 Å². The standard InChI is InChI=1S/C15H16FN5/c1-9(2)13-14(18-3)19-8-20-15(13)21-11-4-5-12(16)10(6-11)7-17/h4-6,8-9H,1-3H3,(H2,18,19,20,21). The molecule has 0 aliphatic heterocycles. The number of rotatable bonds is 4. The fourth-order valence-corrected chi connectivity index (χ4v) is 2.07. The minimum atomic E-state index is -0.536. The van der Waals surface area contributed by atoms with Gasteiger partial charge in [-0.2, -0.15) is 5.26 Å². The number of nitriles is 1. The van der Waals surface area contributed by atoms with E-state index in [9.17, 15) is 4.39 Å². The second kappa shape index (κ2) is 6.18. The molecule has 0 fully saturated rings. The lowest BCUT2D eigenvalue weighted by Gasteiger charge is -2.16. The molecule has 0 aliphatic carbocycles. The molecule has 2 aromatic rings. The van der Waals surface area contributed by atoms with Crippen LogP contribution in [-0.4, -0.2) is 17.0 Å². The summed E-state index contributed by atoms with van der Waals surface area (Å²) >= 11 is 0. The molecule has 0 saturated carbocycles. The van der Waals surface area contributed by atoms with Gasteiger partial charge >= 0.3 is 0 Å². The first kappa shape index (κ1) is 14.7. The van der Waals surface area contributed by atoms with Gasteiger partial charge < -0.3 is 10.6 Å². The van der Waals surface area contributed by atoms with Gasteiger partial charge in [-0.05, 0) is 24.1 Å². The van der Waals surface area contributed by atoms with E-state index in [1.54, 1.807) is 13.1 Å². The minimum Gasteiger partial charge on any atom is -0.373 e. The quantitative estimate of drug-likeness (QED) is 0.900. The van der Waals surface area contributed by atoms with Crippen molar-refractivity contribution in [2.24, 2.45) is 0 Å². The Hall–Kier alpha value is -2.68. The number of nitrogens with zero attached hydrogens (tertiary/aromatic N) is 3. The average molecular weight is 285 g/mol. The SMILES string of the molecule is CNc1ncnc(Nc2ccc(F)c(C#N)c2)c1C(C)C. The molecule has 1 aromatic carbocycles. The highest BCUT2D eigenvalue weighted by atomic mass is 19.1. The lowest BCUT2D eigenvalue weighted by atomic mass is 10.0. The van der Waals surface area contributed by atoms with Gasteiger partial charge in [0.1, 0.15) is 29.8 Å². The van der Waals surface area contributed by atoms with E-state index in [4.69, 9.17) is 5.26 Å². The first-order valence-corrected chi connectivity index (χ1v) is 6.56. The molecule has 2 N–H and O–H groups in total. The summed E-state index contributed by atoms with van der Waals surface area (Å²) in [6.45, 7) is 4.08. The maximum Gasteiger partial charge on any atom is 0.141 e. The molecule has 0 atom stereocenters. The number of nitrogens with one attached hydrogen (secondary N) is 2. The molecule has 0 amide bonds. The van der Waals surface area contributed by atoms with E-state index < -0.39 is 5.82 Å². The Morgan fingerprint density at radius 2 is 1.95 bits per heavy atom. The predicted molar refractivity (Wildman–Crippen MR) is 80.1 cm³/mol. The summed E-state index contributed by atoms with van der Waals surface area (Å²) in [6, 6.07) is 6.11. The van der Waals surface area contributed by atoms with E-state index in [1.807, 2.05) is 19.9 Å². The average Bonchev–Trinajstić information content (AvgIpc) is 2.48. The monoisotopic (exact) mass is 285 g/mol. The largest absolute Gasteiger partial charge is 0.373 e. The Morgan fingerprint density at radius 1 is 1.24 bits per heavy atom. The molecule has 108 valence electrons. The Morgan fingerprint density at radius 3 is 2.57 bits per heavy atom. The summed E-state index contributed by atoms with van der Waals surface area (Å²) < 4.78 is 13.3. The summed E-state index contributed by atoms with van der Waals surface area (Å²) in [4.78, 5) is 8.44. The fraction of sp³-hybridized carbons (Fsp3) is 0.267. The van der Waals surface area contributed by atoms with Crippen LogP contribution in [0.25, 0.3) is 0 Å². The molecule has 5 nitrogen and oxygen atoms in total. The van der Waals surface area contributed by atoms with Gasteiger partial charge in [-0.15, -0.1) is 0 Å². The molecule has 0 spiro atoms. The summed E-state index contributed by atoms with van der Waals surface area (Å²) in [5.41, 5.74) is 1.53. The molecular formula is C15H16FN5. The van der Waals surface area contributed by atoms with Crippen LogP contribution < -0.4 is 10.6 Å². The highest BCUT2D eigenvalue weighted by Gasteiger charge is 2.14. The van der Waals surface area contributed by atoms with Crippen molar-refractivity contribution in [3.63, 3.8) is 0 Å². The predicted octanol–water partition coefficient (Wildman–Crippen LogP) is 3.40. The third kappa shape index (κ3) is 3.08. The van der Waals surface area contributed by atoms with Crippen LogP contribution >= 0.6 is 0 Å². The molecule has 1 heterocycles. The second-order valence-corrected chi connectivity index (χ2v) is 4.82. The van der Waals surface area contributed by atoms with Crippen molar-refractivity contribution in [2.75, 3.05) is 17.7 Å². The lowest BCUT2D eigenvalue weighted by molar-refractivity contribution is 0.624. The van der Waals surface area contributed by atoms with Crippen molar-refractivity contribution in [1.29, 1.82) is 5.26 Å². The van der Waals surface area contributed by atoms with Gasteiger partial charge in [0.05, 0.1) is 5.56 Å². The van der Waals surface area contributed by atoms with Crippen LogP contribution in [0, 0.1) is 17.1 Å². The summed E-state index contributed by atoms with van der Waals surface area (Å²) in [5.74, 6) is 1.04. The van der Waals surface area contributed by atoms with Crippen LogP contribution in [0.5, 0.6) is 0 Å². The summed E-state index contributed by atoms with van der Waals surface area (Å²) in [5, 5.41) is 15.0. The summed E-state index contributed by atoms with van der Waals surface area (Å²) in [6.07, 6.45) is 1.45. The zero-order valence-electron chi connectivity index (χ0n) is 12.1. The smallest absolute Gasteiger partial charge is 0.141 e. The van der Waals surface area contributed by atoms with Gasteiger partial charge in [0.25, 0.3) is 0 Å². The van der Waals surface area contributed by atoms with Gasteiger partial charge in [0, 0.05) is 18.3 Å².